The second-order valence-corrected chi connectivity index (χ2v) is 7.18. The maximum Gasteiger partial charge on any atom is 0.234 e. The summed E-state index contributed by atoms with van der Waals surface area (Å²) in [5.74, 6) is 0.872. The minimum absolute atomic E-state index is 0.128. The van der Waals surface area contributed by atoms with Crippen molar-refractivity contribution in [1.82, 2.24) is 10.2 Å². The Morgan fingerprint density at radius 3 is 2.48 bits per heavy atom. The summed E-state index contributed by atoms with van der Waals surface area (Å²) in [5, 5.41) is 3.04. The van der Waals surface area contributed by atoms with Crippen LogP contribution in [0.4, 0.5) is 0 Å². The van der Waals surface area contributed by atoms with E-state index in [1.165, 1.54) is 24.0 Å². The van der Waals surface area contributed by atoms with Crippen LogP contribution >= 0.6 is 0 Å². The highest BCUT2D eigenvalue weighted by Crippen LogP contribution is 2.21. The van der Waals surface area contributed by atoms with Crippen molar-refractivity contribution < 1.29 is 4.79 Å². The average molecular weight is 336 g/mol. The lowest BCUT2D eigenvalue weighted by atomic mass is 9.90. The van der Waals surface area contributed by atoms with Crippen LogP contribution in [0.1, 0.15) is 29.5 Å². The van der Waals surface area contributed by atoms with Gasteiger partial charge in [-0.15, -0.1) is 0 Å². The van der Waals surface area contributed by atoms with Crippen molar-refractivity contribution in [1.29, 1.82) is 0 Å². The van der Waals surface area contributed by atoms with Crippen molar-refractivity contribution in [3.63, 3.8) is 0 Å². The molecule has 1 fully saturated rings. The zero-order valence-electron chi connectivity index (χ0n) is 15.1. The lowest BCUT2D eigenvalue weighted by Gasteiger charge is -2.31. The van der Waals surface area contributed by atoms with Crippen LogP contribution in [0.3, 0.4) is 0 Å². The molecule has 132 valence electrons. The predicted molar refractivity (Wildman–Crippen MR) is 102 cm³/mol. The zero-order valence-corrected chi connectivity index (χ0v) is 15.1. The molecule has 1 amide bonds. The van der Waals surface area contributed by atoms with Gasteiger partial charge in [-0.2, -0.15) is 0 Å². The highest BCUT2D eigenvalue weighted by molar-refractivity contribution is 5.78. The first-order valence-electron chi connectivity index (χ1n) is 9.27. The number of nitrogens with zero attached hydrogens (tertiary/aromatic N) is 1. The van der Waals surface area contributed by atoms with Crippen LogP contribution in [-0.4, -0.2) is 30.4 Å². The summed E-state index contributed by atoms with van der Waals surface area (Å²) in [6, 6.07) is 19.0. The van der Waals surface area contributed by atoms with E-state index in [2.05, 4.69) is 65.7 Å². The lowest BCUT2D eigenvalue weighted by Crippen LogP contribution is -2.41. The number of carbonyl (C=O) groups excluding carboxylic acids is 1. The Bertz CT molecular complexity index is 675. The molecular formula is C22H28N2O. The van der Waals surface area contributed by atoms with Gasteiger partial charge >= 0.3 is 0 Å². The third kappa shape index (κ3) is 5.71. The lowest BCUT2D eigenvalue weighted by molar-refractivity contribution is -0.122. The van der Waals surface area contributed by atoms with Gasteiger partial charge in [0.05, 0.1) is 6.54 Å². The fourth-order valence-electron chi connectivity index (χ4n) is 3.58. The Morgan fingerprint density at radius 2 is 1.76 bits per heavy atom. The summed E-state index contributed by atoms with van der Waals surface area (Å²) in [6.45, 7) is 5.25. The van der Waals surface area contributed by atoms with E-state index in [0.717, 1.165) is 31.0 Å². The van der Waals surface area contributed by atoms with E-state index in [4.69, 9.17) is 0 Å². The van der Waals surface area contributed by atoms with Crippen molar-refractivity contribution in [3.05, 3.63) is 71.3 Å². The number of hydrogen-bond acceptors (Lipinski definition) is 2. The molecule has 0 atom stereocenters. The predicted octanol–water partition coefficient (Wildman–Crippen LogP) is 3.57. The first kappa shape index (κ1) is 17.7. The van der Waals surface area contributed by atoms with Crippen LogP contribution in [0, 0.1) is 12.8 Å². The molecule has 2 aromatic rings. The van der Waals surface area contributed by atoms with Crippen LogP contribution in [0.15, 0.2) is 54.6 Å². The third-order valence-corrected chi connectivity index (χ3v) is 5.01. The van der Waals surface area contributed by atoms with Crippen LogP contribution in [0.5, 0.6) is 0 Å². The maximum atomic E-state index is 12.2. The average Bonchev–Trinajstić information content (AvgIpc) is 2.63. The van der Waals surface area contributed by atoms with Gasteiger partial charge in [0.2, 0.25) is 5.91 Å². The molecule has 0 spiro atoms. The molecule has 1 aliphatic rings. The smallest absolute Gasteiger partial charge is 0.234 e. The first-order chi connectivity index (χ1) is 12.2. The van der Waals surface area contributed by atoms with Crippen molar-refractivity contribution >= 4 is 5.91 Å². The molecule has 0 bridgehead atoms. The second kappa shape index (κ2) is 8.82. The Morgan fingerprint density at radius 1 is 1.04 bits per heavy atom. The Labute approximate surface area is 151 Å². The Hall–Kier alpha value is -2.13. The van der Waals surface area contributed by atoms with Gasteiger partial charge in [-0.25, -0.2) is 0 Å². The number of benzene rings is 2. The van der Waals surface area contributed by atoms with Crippen LogP contribution in [0.2, 0.25) is 0 Å². The van der Waals surface area contributed by atoms with E-state index in [0.29, 0.717) is 13.1 Å². The molecule has 1 aliphatic heterocycles. The van der Waals surface area contributed by atoms with Gasteiger partial charge in [-0.1, -0.05) is 60.2 Å². The van der Waals surface area contributed by atoms with Gasteiger partial charge in [0, 0.05) is 6.54 Å². The summed E-state index contributed by atoms with van der Waals surface area (Å²) >= 11 is 0. The fraction of sp³-hybridized carbons (Fsp3) is 0.409. The maximum absolute atomic E-state index is 12.2. The standard InChI is InChI=1S/C22H28N2O/c1-18-6-5-9-21(14-18)16-23-22(25)17-24-12-10-20(11-13-24)15-19-7-3-2-4-8-19/h2-9,14,20H,10-13,15-17H2,1H3,(H,23,25). The summed E-state index contributed by atoms with van der Waals surface area (Å²) < 4.78 is 0. The molecule has 0 radical (unpaired) electrons. The molecular weight excluding hydrogens is 308 g/mol. The van der Waals surface area contributed by atoms with E-state index < -0.39 is 0 Å². The number of carbonyl (C=O) groups is 1. The van der Waals surface area contributed by atoms with Crippen molar-refractivity contribution in [2.45, 2.75) is 32.7 Å². The number of rotatable bonds is 6. The summed E-state index contributed by atoms with van der Waals surface area (Å²) in [7, 11) is 0. The highest BCUT2D eigenvalue weighted by atomic mass is 16.2. The minimum atomic E-state index is 0.128. The molecule has 1 saturated heterocycles. The Balaban J connectivity index is 1.37. The van der Waals surface area contributed by atoms with Crippen LogP contribution < -0.4 is 5.32 Å². The molecule has 3 nitrogen and oxygen atoms in total. The van der Waals surface area contributed by atoms with E-state index >= 15 is 0 Å². The molecule has 3 heteroatoms. The van der Waals surface area contributed by atoms with Crippen LogP contribution in [-0.2, 0) is 17.8 Å². The normalized spacial score (nSPS) is 15.9. The minimum Gasteiger partial charge on any atom is -0.351 e. The fourth-order valence-corrected chi connectivity index (χ4v) is 3.58. The van der Waals surface area contributed by atoms with Crippen molar-refractivity contribution in [2.24, 2.45) is 5.92 Å². The van der Waals surface area contributed by atoms with E-state index in [1.807, 2.05) is 6.07 Å². The van der Waals surface area contributed by atoms with Gasteiger partial charge in [0.25, 0.3) is 0 Å². The van der Waals surface area contributed by atoms with E-state index in [1.54, 1.807) is 0 Å². The highest BCUT2D eigenvalue weighted by Gasteiger charge is 2.20. The number of likely N-dealkylation sites (tertiary alicyclic amines) is 1. The van der Waals surface area contributed by atoms with Gasteiger partial charge in [-0.05, 0) is 56.3 Å². The summed E-state index contributed by atoms with van der Waals surface area (Å²) in [5.41, 5.74) is 3.82. The molecule has 1 N–H and O–H groups in total. The molecule has 3 rings (SSSR count). The molecule has 0 saturated carbocycles. The molecule has 1 heterocycles. The SMILES string of the molecule is Cc1cccc(CNC(=O)CN2CCC(Cc3ccccc3)CC2)c1. The quantitative estimate of drug-likeness (QED) is 0.875. The summed E-state index contributed by atoms with van der Waals surface area (Å²) in [6.07, 6.45) is 3.52. The van der Waals surface area contributed by atoms with Gasteiger partial charge in [-0.3, -0.25) is 9.69 Å². The molecule has 0 unspecified atom stereocenters. The number of hydrogen-bond donors (Lipinski definition) is 1. The van der Waals surface area contributed by atoms with Crippen molar-refractivity contribution in [2.75, 3.05) is 19.6 Å². The second-order valence-electron chi connectivity index (χ2n) is 7.18. The number of amides is 1. The zero-order chi connectivity index (χ0) is 17.5. The Kier molecular flexibility index (Phi) is 6.24. The summed E-state index contributed by atoms with van der Waals surface area (Å²) in [4.78, 5) is 14.5. The number of nitrogens with one attached hydrogen (secondary N) is 1. The largest absolute Gasteiger partial charge is 0.351 e. The van der Waals surface area contributed by atoms with Gasteiger partial charge in [0.15, 0.2) is 0 Å². The molecule has 2 aromatic carbocycles. The van der Waals surface area contributed by atoms with E-state index in [-0.39, 0.29) is 5.91 Å². The third-order valence-electron chi connectivity index (χ3n) is 5.01. The molecule has 0 aromatic heterocycles. The van der Waals surface area contributed by atoms with Gasteiger partial charge in [0.1, 0.15) is 0 Å². The molecule has 0 aliphatic carbocycles. The number of piperidine rings is 1. The van der Waals surface area contributed by atoms with Crippen LogP contribution in [0.25, 0.3) is 0 Å². The molecule has 25 heavy (non-hydrogen) atoms. The monoisotopic (exact) mass is 336 g/mol. The first-order valence-corrected chi connectivity index (χ1v) is 9.27. The number of aryl methyl sites for hydroxylation is 1. The van der Waals surface area contributed by atoms with Crippen molar-refractivity contribution in [3.8, 4) is 0 Å². The van der Waals surface area contributed by atoms with E-state index in [9.17, 15) is 4.79 Å². The topological polar surface area (TPSA) is 32.3 Å². The van der Waals surface area contributed by atoms with Gasteiger partial charge < -0.3 is 5.32 Å².